The van der Waals surface area contributed by atoms with Gasteiger partial charge in [-0.05, 0) is 19.1 Å². The van der Waals surface area contributed by atoms with Gasteiger partial charge in [-0.2, -0.15) is 0 Å². The first kappa shape index (κ1) is 14.1. The molecular weight excluding hydrogens is 260 g/mol. The number of aryl methyl sites for hydroxylation is 1. The van der Waals surface area contributed by atoms with Crippen molar-refractivity contribution in [3.8, 4) is 5.75 Å². The van der Waals surface area contributed by atoms with E-state index in [4.69, 9.17) is 9.47 Å². The number of nitrogens with zero attached hydrogens (tertiary/aromatic N) is 1. The van der Waals surface area contributed by atoms with Crippen molar-refractivity contribution in [1.82, 2.24) is 9.55 Å². The Hall–Kier alpha value is -2.34. The lowest BCUT2D eigenvalue weighted by Gasteiger charge is -2.08. The molecule has 0 aliphatic heterocycles. The average molecular weight is 276 g/mol. The average Bonchev–Trinajstić information content (AvgIpc) is 2.42. The second-order valence-corrected chi connectivity index (χ2v) is 4.28. The number of hydrogen-bond donors (Lipinski definition) is 1. The molecule has 1 N–H and O–H groups in total. The number of hydrogen-bond acceptors (Lipinski definition) is 4. The van der Waals surface area contributed by atoms with Crippen molar-refractivity contribution in [2.24, 2.45) is 0 Å². The van der Waals surface area contributed by atoms with Crippen molar-refractivity contribution < 1.29 is 9.47 Å². The lowest BCUT2D eigenvalue weighted by molar-refractivity contribution is 0.0512. The third-order valence-corrected chi connectivity index (χ3v) is 2.64. The minimum Gasteiger partial charge on any atom is -0.491 e. The van der Waals surface area contributed by atoms with Crippen LogP contribution < -0.4 is 16.0 Å². The van der Waals surface area contributed by atoms with E-state index in [-0.39, 0.29) is 6.73 Å². The van der Waals surface area contributed by atoms with E-state index in [2.05, 4.69) is 4.98 Å². The molecule has 0 atom stereocenters. The highest BCUT2D eigenvalue weighted by Gasteiger charge is 1.97. The molecule has 0 saturated heterocycles. The predicted molar refractivity (Wildman–Crippen MR) is 73.9 cm³/mol. The van der Waals surface area contributed by atoms with Crippen LogP contribution in [0.25, 0.3) is 0 Å². The molecule has 1 aromatic heterocycles. The highest BCUT2D eigenvalue weighted by molar-refractivity contribution is 5.26. The van der Waals surface area contributed by atoms with Crippen molar-refractivity contribution in [2.75, 3.05) is 13.2 Å². The third-order valence-electron chi connectivity index (χ3n) is 2.64. The Morgan fingerprint density at radius 2 is 1.85 bits per heavy atom. The molecule has 0 amide bonds. The minimum absolute atomic E-state index is 0.0763. The summed E-state index contributed by atoms with van der Waals surface area (Å²) in [4.78, 5) is 24.4. The number of rotatable bonds is 6. The molecule has 6 nitrogen and oxygen atoms in total. The second-order valence-electron chi connectivity index (χ2n) is 4.28. The SMILES string of the molecule is Cc1ccc(OCCOCn2ccc(=O)[nH]c2=O)cc1. The fraction of sp³-hybridized carbons (Fsp3) is 0.286. The number of benzene rings is 1. The van der Waals surface area contributed by atoms with Crippen LogP contribution in [-0.2, 0) is 11.5 Å². The van der Waals surface area contributed by atoms with E-state index in [0.717, 1.165) is 5.75 Å². The Morgan fingerprint density at radius 3 is 2.55 bits per heavy atom. The lowest BCUT2D eigenvalue weighted by atomic mass is 10.2. The number of aromatic nitrogens is 2. The molecule has 0 aliphatic rings. The Labute approximate surface area is 115 Å². The van der Waals surface area contributed by atoms with Gasteiger partial charge < -0.3 is 9.47 Å². The van der Waals surface area contributed by atoms with E-state index in [9.17, 15) is 9.59 Å². The van der Waals surface area contributed by atoms with Crippen LogP contribution in [0, 0.1) is 6.92 Å². The predicted octanol–water partition coefficient (Wildman–Crippen LogP) is 0.898. The van der Waals surface area contributed by atoms with Crippen LogP contribution in [0.1, 0.15) is 5.56 Å². The van der Waals surface area contributed by atoms with Gasteiger partial charge in [0.1, 0.15) is 19.1 Å². The van der Waals surface area contributed by atoms with Crippen molar-refractivity contribution in [1.29, 1.82) is 0 Å². The molecule has 2 aromatic rings. The summed E-state index contributed by atoms with van der Waals surface area (Å²) in [5.41, 5.74) is 0.261. The first-order valence-corrected chi connectivity index (χ1v) is 6.22. The third kappa shape index (κ3) is 4.10. The number of aromatic amines is 1. The smallest absolute Gasteiger partial charge is 0.330 e. The zero-order chi connectivity index (χ0) is 14.4. The Bertz CT molecular complexity index is 658. The van der Waals surface area contributed by atoms with Crippen LogP contribution in [0.4, 0.5) is 0 Å². The van der Waals surface area contributed by atoms with Crippen molar-refractivity contribution in [3.63, 3.8) is 0 Å². The van der Waals surface area contributed by atoms with E-state index in [1.54, 1.807) is 0 Å². The highest BCUT2D eigenvalue weighted by atomic mass is 16.5. The minimum atomic E-state index is -0.489. The largest absolute Gasteiger partial charge is 0.491 e. The van der Waals surface area contributed by atoms with Crippen molar-refractivity contribution in [3.05, 3.63) is 62.9 Å². The molecular formula is C14H16N2O4. The summed E-state index contributed by atoms with van der Waals surface area (Å²) in [6.45, 7) is 2.82. The van der Waals surface area contributed by atoms with Crippen LogP contribution >= 0.6 is 0 Å². The summed E-state index contributed by atoms with van der Waals surface area (Å²) in [6.07, 6.45) is 1.39. The van der Waals surface area contributed by atoms with Gasteiger partial charge in [0.2, 0.25) is 0 Å². The molecule has 6 heteroatoms. The van der Waals surface area contributed by atoms with Gasteiger partial charge in [0.05, 0.1) is 6.61 Å². The van der Waals surface area contributed by atoms with Gasteiger partial charge in [-0.15, -0.1) is 0 Å². The summed E-state index contributed by atoms with van der Waals surface area (Å²) >= 11 is 0. The van der Waals surface area contributed by atoms with Gasteiger partial charge in [-0.1, -0.05) is 17.7 Å². The van der Waals surface area contributed by atoms with Crippen LogP contribution in [-0.4, -0.2) is 22.8 Å². The Morgan fingerprint density at radius 1 is 1.10 bits per heavy atom. The summed E-state index contributed by atoms with van der Waals surface area (Å²) in [5, 5.41) is 0. The van der Waals surface area contributed by atoms with Crippen molar-refractivity contribution in [2.45, 2.75) is 13.7 Å². The fourth-order valence-electron chi connectivity index (χ4n) is 1.56. The van der Waals surface area contributed by atoms with Gasteiger partial charge in [0.25, 0.3) is 5.56 Å². The maximum absolute atomic E-state index is 11.4. The molecule has 2 rings (SSSR count). The highest BCUT2D eigenvalue weighted by Crippen LogP contribution is 2.10. The fourth-order valence-corrected chi connectivity index (χ4v) is 1.56. The standard InChI is InChI=1S/C14H16N2O4/c1-11-2-4-12(5-3-11)20-9-8-19-10-16-7-6-13(17)15-14(16)18/h2-7H,8-10H2,1H3,(H,15,17,18). The van der Waals surface area contributed by atoms with Crippen LogP contribution in [0.2, 0.25) is 0 Å². The number of nitrogens with one attached hydrogen (secondary N) is 1. The van der Waals surface area contributed by atoms with E-state index in [0.29, 0.717) is 13.2 Å². The summed E-state index contributed by atoms with van der Waals surface area (Å²) < 4.78 is 12.1. The zero-order valence-electron chi connectivity index (χ0n) is 11.2. The van der Waals surface area contributed by atoms with Crippen LogP contribution in [0.15, 0.2) is 46.1 Å². The topological polar surface area (TPSA) is 73.3 Å². The Kier molecular flexibility index (Phi) is 4.73. The molecule has 0 spiro atoms. The molecule has 0 fully saturated rings. The van der Waals surface area contributed by atoms with E-state index in [1.165, 1.54) is 22.4 Å². The monoisotopic (exact) mass is 276 g/mol. The second kappa shape index (κ2) is 6.72. The number of H-pyrrole nitrogens is 1. The molecule has 0 unspecified atom stereocenters. The summed E-state index contributed by atoms with van der Waals surface area (Å²) in [6, 6.07) is 8.99. The van der Waals surface area contributed by atoms with Gasteiger partial charge in [-0.3, -0.25) is 14.3 Å². The maximum atomic E-state index is 11.4. The Balaban J connectivity index is 1.72. The summed E-state index contributed by atoms with van der Waals surface area (Å²) in [5.74, 6) is 0.778. The molecule has 0 aliphatic carbocycles. The first-order valence-electron chi connectivity index (χ1n) is 6.22. The zero-order valence-corrected chi connectivity index (χ0v) is 11.2. The van der Waals surface area contributed by atoms with Crippen LogP contribution in [0.3, 0.4) is 0 Å². The molecule has 20 heavy (non-hydrogen) atoms. The van der Waals surface area contributed by atoms with Gasteiger partial charge in [-0.25, -0.2) is 4.79 Å². The van der Waals surface area contributed by atoms with E-state index < -0.39 is 11.2 Å². The number of ether oxygens (including phenoxy) is 2. The lowest BCUT2D eigenvalue weighted by Crippen LogP contribution is -2.29. The van der Waals surface area contributed by atoms with Crippen molar-refractivity contribution >= 4 is 0 Å². The maximum Gasteiger partial charge on any atom is 0.330 e. The van der Waals surface area contributed by atoms with E-state index >= 15 is 0 Å². The van der Waals surface area contributed by atoms with Gasteiger partial charge >= 0.3 is 5.69 Å². The molecule has 0 bridgehead atoms. The quantitative estimate of drug-likeness (QED) is 0.795. The van der Waals surface area contributed by atoms with Gasteiger partial charge in [0, 0.05) is 12.3 Å². The molecule has 1 heterocycles. The summed E-state index contributed by atoms with van der Waals surface area (Å²) in [7, 11) is 0. The molecule has 0 radical (unpaired) electrons. The molecule has 1 aromatic carbocycles. The van der Waals surface area contributed by atoms with E-state index in [1.807, 2.05) is 31.2 Å². The molecule has 0 saturated carbocycles. The molecule has 106 valence electrons. The van der Waals surface area contributed by atoms with Crippen LogP contribution in [0.5, 0.6) is 5.75 Å². The first-order chi connectivity index (χ1) is 9.65. The van der Waals surface area contributed by atoms with Gasteiger partial charge in [0.15, 0.2) is 0 Å². The normalized spacial score (nSPS) is 10.4.